The largest absolute Gasteiger partial charge is 0.396 e. The minimum absolute atomic E-state index is 0.104. The molecule has 1 saturated carbocycles. The van der Waals surface area contributed by atoms with Crippen LogP contribution in [0.4, 0.5) is 0 Å². The van der Waals surface area contributed by atoms with Gasteiger partial charge in [-0.3, -0.25) is 4.79 Å². The molecule has 104 valence electrons. The van der Waals surface area contributed by atoms with Gasteiger partial charge in [0.1, 0.15) is 0 Å². The number of aliphatic hydroxyl groups excluding tert-OH is 1. The number of carbonyl (C=O) groups is 1. The highest BCUT2D eigenvalue weighted by Crippen LogP contribution is 2.47. The van der Waals surface area contributed by atoms with Crippen LogP contribution in [0.3, 0.4) is 0 Å². The van der Waals surface area contributed by atoms with Crippen molar-refractivity contribution in [2.24, 2.45) is 11.1 Å². The highest BCUT2D eigenvalue weighted by Gasteiger charge is 2.42. The van der Waals surface area contributed by atoms with Gasteiger partial charge in [-0.1, -0.05) is 30.3 Å². The van der Waals surface area contributed by atoms with E-state index < -0.39 is 6.04 Å². The first-order valence-electron chi connectivity index (χ1n) is 6.83. The molecular weight excluding hydrogens is 240 g/mol. The van der Waals surface area contributed by atoms with Crippen LogP contribution in [-0.4, -0.2) is 30.2 Å². The van der Waals surface area contributed by atoms with E-state index in [1.54, 1.807) is 0 Å². The van der Waals surface area contributed by atoms with Crippen molar-refractivity contribution in [1.29, 1.82) is 0 Å². The van der Waals surface area contributed by atoms with Crippen LogP contribution >= 0.6 is 0 Å². The van der Waals surface area contributed by atoms with Gasteiger partial charge in [-0.25, -0.2) is 0 Å². The van der Waals surface area contributed by atoms with Gasteiger partial charge >= 0.3 is 0 Å². The first-order valence-corrected chi connectivity index (χ1v) is 6.83. The van der Waals surface area contributed by atoms with Crippen molar-refractivity contribution in [1.82, 2.24) is 5.32 Å². The quantitative estimate of drug-likeness (QED) is 0.681. The summed E-state index contributed by atoms with van der Waals surface area (Å²) in [7, 11) is 0. The second kappa shape index (κ2) is 6.17. The van der Waals surface area contributed by atoms with Gasteiger partial charge in [-0.15, -0.1) is 0 Å². The number of benzene rings is 1. The van der Waals surface area contributed by atoms with Crippen molar-refractivity contribution in [3.63, 3.8) is 0 Å². The van der Waals surface area contributed by atoms with Gasteiger partial charge < -0.3 is 16.2 Å². The van der Waals surface area contributed by atoms with E-state index in [0.29, 0.717) is 13.0 Å². The zero-order valence-corrected chi connectivity index (χ0v) is 11.1. The fraction of sp³-hybridized carbons (Fsp3) is 0.533. The molecule has 0 saturated heterocycles. The Hall–Kier alpha value is -1.39. The minimum Gasteiger partial charge on any atom is -0.396 e. The summed E-state index contributed by atoms with van der Waals surface area (Å²) in [6, 6.07) is 9.27. The summed E-state index contributed by atoms with van der Waals surface area (Å²) in [5.41, 5.74) is 7.12. The Labute approximate surface area is 114 Å². The number of amides is 1. The molecule has 0 unspecified atom stereocenters. The number of carbonyl (C=O) groups excluding carboxylic acids is 1. The smallest absolute Gasteiger partial charge is 0.237 e. The van der Waals surface area contributed by atoms with Crippen LogP contribution in [0.15, 0.2) is 30.3 Å². The first kappa shape index (κ1) is 14.0. The third kappa shape index (κ3) is 4.04. The van der Waals surface area contributed by atoms with E-state index >= 15 is 0 Å². The summed E-state index contributed by atoms with van der Waals surface area (Å²) in [5, 5.41) is 11.9. The van der Waals surface area contributed by atoms with Crippen molar-refractivity contribution in [3.05, 3.63) is 35.9 Å². The zero-order valence-electron chi connectivity index (χ0n) is 11.1. The van der Waals surface area contributed by atoms with E-state index in [9.17, 15) is 4.79 Å². The number of hydrogen-bond donors (Lipinski definition) is 3. The monoisotopic (exact) mass is 262 g/mol. The summed E-state index contributed by atoms with van der Waals surface area (Å²) in [4.78, 5) is 11.9. The lowest BCUT2D eigenvalue weighted by Gasteiger charge is -2.17. The lowest BCUT2D eigenvalue weighted by molar-refractivity contribution is -0.122. The summed E-state index contributed by atoms with van der Waals surface area (Å²) in [6.07, 6.45) is 3.49. The van der Waals surface area contributed by atoms with Crippen LogP contribution < -0.4 is 11.1 Å². The Morgan fingerprint density at radius 2 is 2.05 bits per heavy atom. The van der Waals surface area contributed by atoms with Gasteiger partial charge in [0.25, 0.3) is 0 Å². The van der Waals surface area contributed by atoms with Crippen molar-refractivity contribution < 1.29 is 9.90 Å². The molecule has 2 rings (SSSR count). The molecule has 0 bridgehead atoms. The van der Waals surface area contributed by atoms with E-state index in [2.05, 4.69) is 5.32 Å². The van der Waals surface area contributed by atoms with E-state index in [1.165, 1.54) is 0 Å². The molecule has 4 heteroatoms. The van der Waals surface area contributed by atoms with E-state index in [-0.39, 0.29) is 17.9 Å². The third-order valence-corrected chi connectivity index (χ3v) is 3.87. The van der Waals surface area contributed by atoms with Gasteiger partial charge in [0.05, 0.1) is 6.04 Å². The van der Waals surface area contributed by atoms with Crippen LogP contribution in [0.5, 0.6) is 0 Å². The molecular formula is C15H22N2O2. The predicted octanol–water partition coefficient (Wildman–Crippen LogP) is 0.835. The molecule has 1 aliphatic carbocycles. The zero-order chi connectivity index (χ0) is 13.7. The molecule has 1 aromatic rings. The van der Waals surface area contributed by atoms with Gasteiger partial charge in [-0.2, -0.15) is 0 Å². The molecule has 0 aliphatic heterocycles. The second-order valence-electron chi connectivity index (χ2n) is 5.49. The Balaban J connectivity index is 1.77. The molecule has 1 amide bonds. The van der Waals surface area contributed by atoms with E-state index in [0.717, 1.165) is 24.8 Å². The van der Waals surface area contributed by atoms with E-state index in [1.807, 2.05) is 30.3 Å². The highest BCUT2D eigenvalue weighted by molar-refractivity contribution is 5.81. The minimum atomic E-state index is -0.507. The second-order valence-corrected chi connectivity index (χ2v) is 5.49. The standard InChI is InChI=1S/C15H22N2O2/c16-13(10-12-4-2-1-3-5-12)14(19)17-11-15(6-7-15)8-9-18/h1-5,13,18H,6-11,16H2,(H,17,19)/t13-/m0/s1. The molecule has 19 heavy (non-hydrogen) atoms. The molecule has 4 N–H and O–H groups in total. The maximum Gasteiger partial charge on any atom is 0.237 e. The lowest BCUT2D eigenvalue weighted by atomic mass is 10.0. The van der Waals surface area contributed by atoms with Crippen molar-refractivity contribution >= 4 is 5.91 Å². The number of nitrogens with two attached hydrogens (primary N) is 1. The van der Waals surface area contributed by atoms with Crippen molar-refractivity contribution in [2.45, 2.75) is 31.7 Å². The Bertz CT molecular complexity index is 415. The summed E-state index contributed by atoms with van der Waals surface area (Å²) < 4.78 is 0. The maximum atomic E-state index is 11.9. The van der Waals surface area contributed by atoms with E-state index in [4.69, 9.17) is 10.8 Å². The molecule has 1 atom stereocenters. The summed E-state index contributed by atoms with van der Waals surface area (Å²) in [6.45, 7) is 0.820. The predicted molar refractivity (Wildman–Crippen MR) is 74.5 cm³/mol. The molecule has 1 aromatic carbocycles. The number of nitrogens with one attached hydrogen (secondary N) is 1. The van der Waals surface area contributed by atoms with Crippen LogP contribution in [-0.2, 0) is 11.2 Å². The van der Waals surface area contributed by atoms with Gasteiger partial charge in [-0.05, 0) is 36.7 Å². The Morgan fingerprint density at radius 3 is 2.63 bits per heavy atom. The highest BCUT2D eigenvalue weighted by atomic mass is 16.3. The molecule has 0 heterocycles. The number of rotatable bonds is 7. The number of hydrogen-bond acceptors (Lipinski definition) is 3. The average molecular weight is 262 g/mol. The average Bonchev–Trinajstić information content (AvgIpc) is 3.18. The molecule has 0 aromatic heterocycles. The van der Waals surface area contributed by atoms with Gasteiger partial charge in [0.2, 0.25) is 5.91 Å². The molecule has 1 aliphatic rings. The molecule has 0 radical (unpaired) electrons. The Kier molecular flexibility index (Phi) is 4.56. The third-order valence-electron chi connectivity index (χ3n) is 3.87. The number of aliphatic hydroxyl groups is 1. The van der Waals surface area contributed by atoms with Crippen molar-refractivity contribution in [2.75, 3.05) is 13.2 Å². The topological polar surface area (TPSA) is 75.4 Å². The summed E-state index contributed by atoms with van der Waals surface area (Å²) >= 11 is 0. The normalized spacial score (nSPS) is 17.8. The SMILES string of the molecule is N[C@@H](Cc1ccccc1)C(=O)NCC1(CCO)CC1. The molecule has 1 fully saturated rings. The first-order chi connectivity index (χ1) is 9.15. The van der Waals surface area contributed by atoms with Crippen molar-refractivity contribution in [3.8, 4) is 0 Å². The lowest BCUT2D eigenvalue weighted by Crippen LogP contribution is -2.44. The Morgan fingerprint density at radius 1 is 1.37 bits per heavy atom. The van der Waals surface area contributed by atoms with Crippen LogP contribution in [0.25, 0.3) is 0 Å². The molecule has 0 spiro atoms. The maximum absolute atomic E-state index is 11.9. The van der Waals surface area contributed by atoms with Crippen LogP contribution in [0.1, 0.15) is 24.8 Å². The van der Waals surface area contributed by atoms with Gasteiger partial charge in [0, 0.05) is 13.2 Å². The van der Waals surface area contributed by atoms with Crippen LogP contribution in [0, 0.1) is 5.41 Å². The fourth-order valence-electron chi connectivity index (χ4n) is 2.30. The fourth-order valence-corrected chi connectivity index (χ4v) is 2.30. The molecule has 4 nitrogen and oxygen atoms in total. The summed E-state index contributed by atoms with van der Waals surface area (Å²) in [5.74, 6) is -0.104. The van der Waals surface area contributed by atoms with Crippen LogP contribution in [0.2, 0.25) is 0 Å². The van der Waals surface area contributed by atoms with Gasteiger partial charge in [0.15, 0.2) is 0 Å².